The van der Waals surface area contributed by atoms with Gasteiger partial charge in [-0.25, -0.2) is 0 Å². The summed E-state index contributed by atoms with van der Waals surface area (Å²) in [5.74, 6) is -0.790. The molecule has 0 radical (unpaired) electrons. The molecule has 1 aromatic rings. The van der Waals surface area contributed by atoms with E-state index < -0.39 is 11.4 Å². The number of rotatable bonds is 6. The normalized spacial score (nSPS) is 11.5. The minimum atomic E-state index is -0.790. The molecule has 0 unspecified atom stereocenters. The number of nitrogens with one attached hydrogen (secondary N) is 1. The second kappa shape index (κ2) is 5.77. The predicted octanol–water partition coefficient (Wildman–Crippen LogP) is 1.84. The summed E-state index contributed by atoms with van der Waals surface area (Å²) in [5.41, 5.74) is 1.45. The molecule has 0 saturated heterocycles. The standard InChI is InChI=1S/C13H20N2O2/c1-4-10-6-5-7-15-11(10)8-14-9-13(2,3)12(16)17/h5-7,14H,4,8-9H2,1-3H3,(H,16,17). The van der Waals surface area contributed by atoms with Gasteiger partial charge in [-0.2, -0.15) is 0 Å². The second-order valence-corrected chi connectivity index (χ2v) is 4.76. The third-order valence-electron chi connectivity index (χ3n) is 2.80. The molecule has 17 heavy (non-hydrogen) atoms. The van der Waals surface area contributed by atoms with Crippen LogP contribution in [0.3, 0.4) is 0 Å². The molecule has 94 valence electrons. The van der Waals surface area contributed by atoms with Crippen molar-refractivity contribution in [1.82, 2.24) is 10.3 Å². The number of hydrogen-bond acceptors (Lipinski definition) is 3. The minimum absolute atomic E-state index is 0.433. The summed E-state index contributed by atoms with van der Waals surface area (Å²) < 4.78 is 0. The van der Waals surface area contributed by atoms with E-state index in [0.717, 1.165) is 12.1 Å². The number of pyridine rings is 1. The number of aromatic nitrogens is 1. The molecule has 0 saturated carbocycles. The van der Waals surface area contributed by atoms with Crippen molar-refractivity contribution >= 4 is 5.97 Å². The molecule has 1 heterocycles. The van der Waals surface area contributed by atoms with E-state index in [0.29, 0.717) is 13.1 Å². The van der Waals surface area contributed by atoms with Gasteiger partial charge in [-0.3, -0.25) is 9.78 Å². The zero-order valence-electron chi connectivity index (χ0n) is 10.7. The highest BCUT2D eigenvalue weighted by Gasteiger charge is 2.26. The lowest BCUT2D eigenvalue weighted by Crippen LogP contribution is -2.36. The van der Waals surface area contributed by atoms with Crippen LogP contribution in [-0.4, -0.2) is 22.6 Å². The first-order valence-corrected chi connectivity index (χ1v) is 5.84. The average Bonchev–Trinajstić information content (AvgIpc) is 2.29. The smallest absolute Gasteiger partial charge is 0.310 e. The number of nitrogens with zero attached hydrogens (tertiary/aromatic N) is 1. The Labute approximate surface area is 102 Å². The fraction of sp³-hybridized carbons (Fsp3) is 0.538. The van der Waals surface area contributed by atoms with Gasteiger partial charge < -0.3 is 10.4 Å². The third-order valence-corrected chi connectivity index (χ3v) is 2.80. The first kappa shape index (κ1) is 13.6. The van der Waals surface area contributed by atoms with Gasteiger partial charge >= 0.3 is 5.97 Å². The van der Waals surface area contributed by atoms with Gasteiger partial charge in [0.05, 0.1) is 11.1 Å². The maximum absolute atomic E-state index is 10.9. The van der Waals surface area contributed by atoms with Crippen LogP contribution in [0.15, 0.2) is 18.3 Å². The number of carboxylic acids is 1. The van der Waals surface area contributed by atoms with Crippen LogP contribution in [0.4, 0.5) is 0 Å². The highest BCUT2D eigenvalue weighted by atomic mass is 16.4. The van der Waals surface area contributed by atoms with Gasteiger partial charge in [0.25, 0.3) is 0 Å². The Kier molecular flexibility index (Phi) is 4.63. The summed E-state index contributed by atoms with van der Waals surface area (Å²) in [4.78, 5) is 15.2. The van der Waals surface area contributed by atoms with Gasteiger partial charge in [0.2, 0.25) is 0 Å². The summed E-state index contributed by atoms with van der Waals surface area (Å²) in [5, 5.41) is 12.1. The Morgan fingerprint density at radius 1 is 1.53 bits per heavy atom. The molecule has 2 N–H and O–H groups in total. The van der Waals surface area contributed by atoms with E-state index >= 15 is 0 Å². The van der Waals surface area contributed by atoms with Crippen molar-refractivity contribution < 1.29 is 9.90 Å². The summed E-state index contributed by atoms with van der Waals surface area (Å²) >= 11 is 0. The molecule has 0 bridgehead atoms. The monoisotopic (exact) mass is 236 g/mol. The van der Waals surface area contributed by atoms with Gasteiger partial charge in [0, 0.05) is 19.3 Å². The molecular weight excluding hydrogens is 216 g/mol. The molecule has 1 aromatic heterocycles. The lowest BCUT2D eigenvalue weighted by molar-refractivity contribution is -0.146. The van der Waals surface area contributed by atoms with E-state index in [1.54, 1.807) is 20.0 Å². The molecule has 0 aliphatic carbocycles. The van der Waals surface area contributed by atoms with Crippen molar-refractivity contribution in [2.45, 2.75) is 33.7 Å². The molecule has 1 rings (SSSR count). The van der Waals surface area contributed by atoms with Crippen LogP contribution in [0.2, 0.25) is 0 Å². The van der Waals surface area contributed by atoms with Crippen molar-refractivity contribution in [2.24, 2.45) is 5.41 Å². The van der Waals surface area contributed by atoms with Crippen LogP contribution < -0.4 is 5.32 Å². The Bertz CT molecular complexity index is 389. The van der Waals surface area contributed by atoms with Crippen molar-refractivity contribution in [1.29, 1.82) is 0 Å². The first-order chi connectivity index (χ1) is 7.97. The van der Waals surface area contributed by atoms with Crippen LogP contribution in [0.5, 0.6) is 0 Å². The molecule has 0 aliphatic rings. The third kappa shape index (κ3) is 3.82. The van der Waals surface area contributed by atoms with E-state index in [4.69, 9.17) is 5.11 Å². The molecular formula is C13H20N2O2. The van der Waals surface area contributed by atoms with Crippen molar-refractivity contribution in [3.05, 3.63) is 29.6 Å². The van der Waals surface area contributed by atoms with Gasteiger partial charge in [-0.1, -0.05) is 13.0 Å². The molecule has 0 aliphatic heterocycles. The molecule has 0 spiro atoms. The van der Waals surface area contributed by atoms with E-state index in [2.05, 4.69) is 17.2 Å². The Hall–Kier alpha value is -1.42. The molecule has 0 amide bonds. The summed E-state index contributed by atoms with van der Waals surface area (Å²) in [6.07, 6.45) is 2.70. The molecule has 0 fully saturated rings. The van der Waals surface area contributed by atoms with Gasteiger partial charge in [-0.05, 0) is 31.9 Å². The molecule has 4 nitrogen and oxygen atoms in total. The summed E-state index contributed by atoms with van der Waals surface area (Å²) in [7, 11) is 0. The van der Waals surface area contributed by atoms with Gasteiger partial charge in [-0.15, -0.1) is 0 Å². The number of carbonyl (C=O) groups is 1. The molecule has 0 atom stereocenters. The van der Waals surface area contributed by atoms with Gasteiger partial charge in [0.1, 0.15) is 0 Å². The predicted molar refractivity (Wildman–Crippen MR) is 66.7 cm³/mol. The van der Waals surface area contributed by atoms with Crippen LogP contribution in [-0.2, 0) is 17.8 Å². The fourth-order valence-corrected chi connectivity index (χ4v) is 1.52. The van der Waals surface area contributed by atoms with Crippen LogP contribution in [0, 0.1) is 5.41 Å². The van der Waals surface area contributed by atoms with Crippen LogP contribution >= 0.6 is 0 Å². The minimum Gasteiger partial charge on any atom is -0.481 e. The largest absolute Gasteiger partial charge is 0.481 e. The van der Waals surface area contributed by atoms with E-state index in [-0.39, 0.29) is 0 Å². The highest BCUT2D eigenvalue weighted by molar-refractivity contribution is 5.73. The zero-order chi connectivity index (χ0) is 12.9. The lowest BCUT2D eigenvalue weighted by Gasteiger charge is -2.19. The number of carboxylic acid groups (broad SMARTS) is 1. The second-order valence-electron chi connectivity index (χ2n) is 4.76. The fourth-order valence-electron chi connectivity index (χ4n) is 1.52. The van der Waals surface area contributed by atoms with E-state index in [1.165, 1.54) is 5.56 Å². The highest BCUT2D eigenvalue weighted by Crippen LogP contribution is 2.13. The first-order valence-electron chi connectivity index (χ1n) is 5.84. The van der Waals surface area contributed by atoms with Crippen molar-refractivity contribution in [3.63, 3.8) is 0 Å². The maximum atomic E-state index is 10.9. The Morgan fingerprint density at radius 2 is 2.24 bits per heavy atom. The zero-order valence-corrected chi connectivity index (χ0v) is 10.7. The van der Waals surface area contributed by atoms with E-state index in [9.17, 15) is 4.79 Å². The summed E-state index contributed by atoms with van der Waals surface area (Å²) in [6.45, 7) is 6.55. The topological polar surface area (TPSA) is 62.2 Å². The number of aryl methyl sites for hydroxylation is 1. The SMILES string of the molecule is CCc1cccnc1CNCC(C)(C)C(=O)O. The van der Waals surface area contributed by atoms with Crippen LogP contribution in [0.1, 0.15) is 32.0 Å². The van der Waals surface area contributed by atoms with E-state index in [1.807, 2.05) is 12.1 Å². The van der Waals surface area contributed by atoms with Crippen LogP contribution in [0.25, 0.3) is 0 Å². The lowest BCUT2D eigenvalue weighted by atomic mass is 9.94. The van der Waals surface area contributed by atoms with Crippen molar-refractivity contribution in [3.8, 4) is 0 Å². The number of aliphatic carboxylic acids is 1. The molecule has 0 aromatic carbocycles. The summed E-state index contributed by atoms with van der Waals surface area (Å²) in [6, 6.07) is 3.97. The van der Waals surface area contributed by atoms with Crippen molar-refractivity contribution in [2.75, 3.05) is 6.54 Å². The molecule has 4 heteroatoms. The Balaban J connectivity index is 2.54. The maximum Gasteiger partial charge on any atom is 0.310 e. The van der Waals surface area contributed by atoms with Gasteiger partial charge in [0.15, 0.2) is 0 Å². The quantitative estimate of drug-likeness (QED) is 0.791. The number of hydrogen-bond donors (Lipinski definition) is 2. The Morgan fingerprint density at radius 3 is 2.82 bits per heavy atom. The average molecular weight is 236 g/mol.